The van der Waals surface area contributed by atoms with Gasteiger partial charge in [0.2, 0.25) is 0 Å². The van der Waals surface area contributed by atoms with Gasteiger partial charge in [-0.2, -0.15) is 0 Å². The van der Waals surface area contributed by atoms with Gasteiger partial charge in [-0.25, -0.2) is 4.68 Å². The van der Waals surface area contributed by atoms with Crippen LogP contribution in [0.25, 0.3) is 0 Å². The van der Waals surface area contributed by atoms with E-state index in [0.29, 0.717) is 12.3 Å². The van der Waals surface area contributed by atoms with Gasteiger partial charge in [0.25, 0.3) is 0 Å². The Morgan fingerprint density at radius 1 is 1.43 bits per heavy atom. The first-order valence-electron chi connectivity index (χ1n) is 9.02. The number of aryl methyl sites for hydroxylation is 1. The number of hydrogen-bond acceptors (Lipinski definition) is 5. The molecule has 1 fully saturated rings. The Morgan fingerprint density at radius 3 is 2.83 bits per heavy atom. The maximum atomic E-state index is 13.0. The lowest BCUT2D eigenvalue weighted by Gasteiger charge is -2.28. The molecule has 23 heavy (non-hydrogen) atoms. The van der Waals surface area contributed by atoms with E-state index in [4.69, 9.17) is 5.73 Å². The topological polar surface area (TPSA) is 85.8 Å². The molecule has 0 bridgehead atoms. The molecule has 0 saturated carbocycles. The number of nitrogens with one attached hydrogen (secondary N) is 1. The van der Waals surface area contributed by atoms with E-state index < -0.39 is 0 Å². The molecule has 0 aromatic carbocycles. The zero-order valence-electron chi connectivity index (χ0n) is 14.5. The fourth-order valence-electron chi connectivity index (χ4n) is 3.26. The average Bonchev–Trinajstić information content (AvgIpc) is 3.04. The van der Waals surface area contributed by atoms with E-state index in [1.165, 1.54) is 0 Å². The van der Waals surface area contributed by atoms with Crippen LogP contribution >= 0.6 is 0 Å². The van der Waals surface area contributed by atoms with Crippen LogP contribution in [0.15, 0.2) is 6.20 Å². The van der Waals surface area contributed by atoms with Crippen LogP contribution in [-0.2, 0) is 11.2 Å². The van der Waals surface area contributed by atoms with Crippen molar-refractivity contribution in [3.63, 3.8) is 0 Å². The lowest BCUT2D eigenvalue weighted by atomic mass is 9.84. The third kappa shape index (κ3) is 4.85. The Hall–Kier alpha value is -1.27. The molecule has 3 N–H and O–H groups in total. The molecule has 1 aliphatic heterocycles. The van der Waals surface area contributed by atoms with Crippen molar-refractivity contribution < 1.29 is 4.79 Å². The van der Waals surface area contributed by atoms with Gasteiger partial charge in [0.1, 0.15) is 6.04 Å². The number of carbonyl (C=O) groups excluding carboxylic acids is 1. The molecule has 0 amide bonds. The molecule has 6 nitrogen and oxygen atoms in total. The lowest BCUT2D eigenvalue weighted by molar-refractivity contribution is -0.128. The minimum absolute atomic E-state index is 0.153. The highest BCUT2D eigenvalue weighted by atomic mass is 16.1. The van der Waals surface area contributed by atoms with E-state index in [0.717, 1.165) is 57.3 Å². The van der Waals surface area contributed by atoms with Crippen LogP contribution in [0.3, 0.4) is 0 Å². The largest absolute Gasteiger partial charge is 0.330 e. The molecule has 1 saturated heterocycles. The lowest BCUT2D eigenvalue weighted by Crippen LogP contribution is -2.37. The third-order valence-electron chi connectivity index (χ3n) is 4.95. The summed E-state index contributed by atoms with van der Waals surface area (Å²) in [7, 11) is 0. The van der Waals surface area contributed by atoms with Crippen molar-refractivity contribution in [3.05, 3.63) is 11.9 Å². The second-order valence-corrected chi connectivity index (χ2v) is 6.69. The summed E-state index contributed by atoms with van der Waals surface area (Å²) in [6.45, 7) is 6.85. The Balaban J connectivity index is 2.09. The van der Waals surface area contributed by atoms with Gasteiger partial charge in [-0.1, -0.05) is 25.5 Å². The van der Waals surface area contributed by atoms with Crippen LogP contribution in [-0.4, -0.2) is 40.4 Å². The summed E-state index contributed by atoms with van der Waals surface area (Å²) >= 11 is 0. The SMILES string of the molecule is CC[C@@H](C)C(C(=O)C1CCNCC1)n1cc(CCCCN)nn1. The summed E-state index contributed by atoms with van der Waals surface area (Å²) in [5.41, 5.74) is 6.50. The summed E-state index contributed by atoms with van der Waals surface area (Å²) in [5, 5.41) is 11.9. The molecule has 2 atom stereocenters. The van der Waals surface area contributed by atoms with Crippen LogP contribution in [0, 0.1) is 11.8 Å². The Kier molecular flexibility index (Phi) is 7.17. The van der Waals surface area contributed by atoms with Gasteiger partial charge in [-0.05, 0) is 57.7 Å². The van der Waals surface area contributed by atoms with Crippen LogP contribution < -0.4 is 11.1 Å². The van der Waals surface area contributed by atoms with Gasteiger partial charge in [0, 0.05) is 12.1 Å². The molecule has 1 unspecified atom stereocenters. The van der Waals surface area contributed by atoms with Gasteiger partial charge >= 0.3 is 0 Å². The minimum atomic E-state index is -0.182. The van der Waals surface area contributed by atoms with E-state index in [1.54, 1.807) is 0 Å². The van der Waals surface area contributed by atoms with Crippen LogP contribution in [0.4, 0.5) is 0 Å². The molecule has 0 radical (unpaired) electrons. The quantitative estimate of drug-likeness (QED) is 0.676. The second kappa shape index (κ2) is 9.13. The number of nitrogens with two attached hydrogens (primary N) is 1. The number of nitrogens with zero attached hydrogens (tertiary/aromatic N) is 3. The summed E-state index contributed by atoms with van der Waals surface area (Å²) < 4.78 is 1.82. The van der Waals surface area contributed by atoms with Crippen molar-refractivity contribution in [1.82, 2.24) is 20.3 Å². The van der Waals surface area contributed by atoms with Crippen molar-refractivity contribution in [2.75, 3.05) is 19.6 Å². The predicted molar refractivity (Wildman–Crippen MR) is 91.1 cm³/mol. The van der Waals surface area contributed by atoms with Crippen LogP contribution in [0.5, 0.6) is 0 Å². The molecular formula is C17H31N5O. The number of piperidine rings is 1. The van der Waals surface area contributed by atoms with Crippen LogP contribution in [0.2, 0.25) is 0 Å². The maximum Gasteiger partial charge on any atom is 0.160 e. The highest BCUT2D eigenvalue weighted by Crippen LogP contribution is 2.28. The molecule has 2 rings (SSSR count). The smallest absolute Gasteiger partial charge is 0.160 e. The van der Waals surface area contributed by atoms with Crippen LogP contribution in [0.1, 0.15) is 57.7 Å². The molecular weight excluding hydrogens is 290 g/mol. The Bertz CT molecular complexity index is 481. The standard InChI is InChI=1S/C17H31N5O/c1-3-13(2)16(17(23)14-7-10-19-11-8-14)22-12-15(20-21-22)6-4-5-9-18/h12-14,16,19H,3-11,18H2,1-2H3/t13-,16?/m1/s1. The monoisotopic (exact) mass is 321 g/mol. The van der Waals surface area contributed by atoms with E-state index in [9.17, 15) is 4.79 Å². The first kappa shape index (κ1) is 18.1. The second-order valence-electron chi connectivity index (χ2n) is 6.69. The highest BCUT2D eigenvalue weighted by molar-refractivity contribution is 5.85. The fourth-order valence-corrected chi connectivity index (χ4v) is 3.26. The Labute approximate surface area is 139 Å². The van der Waals surface area contributed by atoms with E-state index >= 15 is 0 Å². The molecule has 2 heterocycles. The molecule has 1 aromatic rings. The number of carbonyl (C=O) groups is 1. The zero-order valence-corrected chi connectivity index (χ0v) is 14.5. The number of aromatic nitrogens is 3. The molecule has 130 valence electrons. The van der Waals surface area contributed by atoms with Gasteiger partial charge in [-0.15, -0.1) is 5.10 Å². The first-order valence-corrected chi connectivity index (χ1v) is 9.02. The fraction of sp³-hybridized carbons (Fsp3) is 0.824. The summed E-state index contributed by atoms with van der Waals surface area (Å²) in [5.74, 6) is 0.760. The third-order valence-corrected chi connectivity index (χ3v) is 4.95. The zero-order chi connectivity index (χ0) is 16.7. The van der Waals surface area contributed by atoms with Gasteiger partial charge in [0.05, 0.1) is 5.69 Å². The number of ketones is 1. The Morgan fingerprint density at radius 2 is 2.17 bits per heavy atom. The predicted octanol–water partition coefficient (Wildman–Crippen LogP) is 1.72. The van der Waals surface area contributed by atoms with E-state index in [2.05, 4.69) is 29.5 Å². The van der Waals surface area contributed by atoms with Gasteiger partial charge in [-0.3, -0.25) is 4.79 Å². The molecule has 6 heteroatoms. The summed E-state index contributed by atoms with van der Waals surface area (Å²) in [6.07, 6.45) is 7.69. The van der Waals surface area contributed by atoms with Crippen molar-refractivity contribution in [3.8, 4) is 0 Å². The number of rotatable bonds is 9. The van der Waals surface area contributed by atoms with Crippen molar-refractivity contribution in [2.45, 2.75) is 58.4 Å². The van der Waals surface area contributed by atoms with Gasteiger partial charge < -0.3 is 11.1 Å². The van der Waals surface area contributed by atoms with Crippen molar-refractivity contribution in [1.29, 1.82) is 0 Å². The number of unbranched alkanes of at least 4 members (excludes halogenated alkanes) is 1. The average molecular weight is 321 g/mol. The van der Waals surface area contributed by atoms with E-state index in [1.807, 2.05) is 10.9 Å². The number of Topliss-reactive ketones (excluding diaryl/α,β-unsaturated/α-hetero) is 1. The highest BCUT2D eigenvalue weighted by Gasteiger charge is 2.33. The summed E-state index contributed by atoms with van der Waals surface area (Å²) in [6, 6.07) is -0.182. The molecule has 1 aromatic heterocycles. The van der Waals surface area contributed by atoms with Crippen molar-refractivity contribution in [2.24, 2.45) is 17.6 Å². The van der Waals surface area contributed by atoms with Crippen molar-refractivity contribution >= 4 is 5.78 Å². The summed E-state index contributed by atoms with van der Waals surface area (Å²) in [4.78, 5) is 13.0. The molecule has 1 aliphatic rings. The minimum Gasteiger partial charge on any atom is -0.330 e. The molecule has 0 aliphatic carbocycles. The normalized spacial score (nSPS) is 18.7. The molecule has 0 spiro atoms. The van der Waals surface area contributed by atoms with Gasteiger partial charge in [0.15, 0.2) is 5.78 Å². The maximum absolute atomic E-state index is 13.0. The number of hydrogen-bond donors (Lipinski definition) is 2. The first-order chi connectivity index (χ1) is 11.2. The van der Waals surface area contributed by atoms with E-state index in [-0.39, 0.29) is 17.9 Å².